The lowest BCUT2D eigenvalue weighted by atomic mass is 9.87. The van der Waals surface area contributed by atoms with Crippen LogP contribution < -0.4 is 5.32 Å². The highest BCUT2D eigenvalue weighted by molar-refractivity contribution is 5.93. The lowest BCUT2D eigenvalue weighted by Gasteiger charge is -2.34. The molecule has 2 amide bonds. The monoisotopic (exact) mass is 463 g/mol. The number of para-hydroxylation sites is 1. The van der Waals surface area contributed by atoms with Crippen molar-refractivity contribution in [3.63, 3.8) is 0 Å². The largest absolute Gasteiger partial charge is 0.461 e. The van der Waals surface area contributed by atoms with Crippen molar-refractivity contribution in [2.75, 3.05) is 19.7 Å². The summed E-state index contributed by atoms with van der Waals surface area (Å²) in [4.78, 5) is 31.9. The van der Waals surface area contributed by atoms with Crippen molar-refractivity contribution in [2.45, 2.75) is 58.9 Å². The van der Waals surface area contributed by atoms with E-state index in [-0.39, 0.29) is 29.8 Å². The Morgan fingerprint density at radius 1 is 1.15 bits per heavy atom. The van der Waals surface area contributed by atoms with Gasteiger partial charge in [-0.25, -0.2) is 19.3 Å². The fourth-order valence-corrected chi connectivity index (χ4v) is 4.50. The topological polar surface area (TPSA) is 89.4 Å². The number of amides is 2. The van der Waals surface area contributed by atoms with Gasteiger partial charge in [-0.2, -0.15) is 5.10 Å². The van der Waals surface area contributed by atoms with Gasteiger partial charge in [0, 0.05) is 24.0 Å². The third-order valence-corrected chi connectivity index (χ3v) is 6.03. The fourth-order valence-electron chi connectivity index (χ4n) is 4.50. The summed E-state index contributed by atoms with van der Waals surface area (Å²) in [5.74, 6) is -0.254. The Morgan fingerprint density at radius 3 is 2.44 bits per heavy atom. The molecule has 1 N–H and O–H groups in total. The zero-order chi connectivity index (χ0) is 24.5. The minimum absolute atomic E-state index is 0.0360. The van der Waals surface area contributed by atoms with E-state index in [0.717, 1.165) is 35.2 Å². The summed E-state index contributed by atoms with van der Waals surface area (Å²) in [5, 5.41) is 8.78. The van der Waals surface area contributed by atoms with Gasteiger partial charge in [0.2, 0.25) is 0 Å². The molecule has 0 spiro atoms. The minimum Gasteiger partial charge on any atom is -0.461 e. The molecule has 4 rings (SSSR count). The van der Waals surface area contributed by atoms with Gasteiger partial charge in [0.15, 0.2) is 11.3 Å². The first kappa shape index (κ1) is 23.7. The molecule has 0 radical (unpaired) electrons. The molecule has 1 aromatic carbocycles. The number of carbonyl (C=O) groups excluding carboxylic acids is 2. The standard InChI is InChI=1S/C26H33N5O3/c1-6-34-24(32)21-16-20(18-12-14-30(15-13-18)25(33)28-26(3,4)5)22-17(2)29-31(23(22)27-21)19-10-8-7-9-11-19/h7-11,16,18H,6,12-15H2,1-5H3,(H,28,33). The Labute approximate surface area is 200 Å². The van der Waals surface area contributed by atoms with Gasteiger partial charge in [0.25, 0.3) is 0 Å². The molecular formula is C26H33N5O3. The number of hydrogen-bond donors (Lipinski definition) is 1. The Hall–Kier alpha value is -3.42. The summed E-state index contributed by atoms with van der Waals surface area (Å²) in [7, 11) is 0. The molecule has 0 atom stereocenters. The van der Waals surface area contributed by atoms with Crippen molar-refractivity contribution in [3.05, 3.63) is 53.3 Å². The molecule has 1 saturated heterocycles. The van der Waals surface area contributed by atoms with Crippen molar-refractivity contribution in [2.24, 2.45) is 0 Å². The predicted molar refractivity (Wildman–Crippen MR) is 131 cm³/mol. The zero-order valence-corrected chi connectivity index (χ0v) is 20.6. The summed E-state index contributed by atoms with van der Waals surface area (Å²) in [6.07, 6.45) is 1.60. The maximum absolute atomic E-state index is 12.7. The van der Waals surface area contributed by atoms with Gasteiger partial charge in [-0.15, -0.1) is 0 Å². The maximum Gasteiger partial charge on any atom is 0.357 e. The van der Waals surface area contributed by atoms with Crippen molar-refractivity contribution >= 4 is 23.0 Å². The molecule has 0 bridgehead atoms. The van der Waals surface area contributed by atoms with E-state index in [0.29, 0.717) is 18.7 Å². The summed E-state index contributed by atoms with van der Waals surface area (Å²) in [6, 6.07) is 11.6. The number of aromatic nitrogens is 3. The number of carbonyl (C=O) groups is 2. The molecule has 1 aliphatic rings. The number of nitrogens with zero attached hydrogens (tertiary/aromatic N) is 4. The van der Waals surface area contributed by atoms with Crippen LogP contribution in [0.4, 0.5) is 4.79 Å². The minimum atomic E-state index is -0.439. The van der Waals surface area contributed by atoms with Crippen LogP contribution in [0.3, 0.4) is 0 Å². The van der Waals surface area contributed by atoms with E-state index in [1.807, 2.05) is 69.0 Å². The Morgan fingerprint density at radius 2 is 1.82 bits per heavy atom. The van der Waals surface area contributed by atoms with Crippen LogP contribution in [0, 0.1) is 6.92 Å². The maximum atomic E-state index is 12.7. The van der Waals surface area contributed by atoms with Gasteiger partial charge in [0.1, 0.15) is 0 Å². The van der Waals surface area contributed by atoms with E-state index in [1.54, 1.807) is 11.6 Å². The number of likely N-dealkylation sites (tertiary alicyclic amines) is 1. The van der Waals surface area contributed by atoms with Crippen LogP contribution in [-0.2, 0) is 4.74 Å². The van der Waals surface area contributed by atoms with E-state index in [2.05, 4.69) is 10.3 Å². The number of pyridine rings is 1. The molecule has 0 unspecified atom stereocenters. The summed E-state index contributed by atoms with van der Waals surface area (Å²) < 4.78 is 7.07. The van der Waals surface area contributed by atoms with Gasteiger partial charge >= 0.3 is 12.0 Å². The molecule has 0 aliphatic carbocycles. The second-order valence-electron chi connectivity index (χ2n) is 9.79. The van der Waals surface area contributed by atoms with Crippen molar-refractivity contribution in [1.82, 2.24) is 25.0 Å². The summed E-state index contributed by atoms with van der Waals surface area (Å²) in [5.41, 5.74) is 3.46. The molecule has 1 fully saturated rings. The summed E-state index contributed by atoms with van der Waals surface area (Å²) in [6.45, 7) is 11.3. The quantitative estimate of drug-likeness (QED) is 0.572. The number of hydrogen-bond acceptors (Lipinski definition) is 5. The first-order valence-corrected chi connectivity index (χ1v) is 11.9. The molecule has 8 heteroatoms. The number of rotatable bonds is 4. The highest BCUT2D eigenvalue weighted by Crippen LogP contribution is 2.35. The van der Waals surface area contributed by atoms with E-state index in [4.69, 9.17) is 9.84 Å². The number of ether oxygens (including phenoxy) is 1. The third-order valence-electron chi connectivity index (χ3n) is 6.03. The van der Waals surface area contributed by atoms with Gasteiger partial charge in [-0.3, -0.25) is 0 Å². The molecule has 8 nitrogen and oxygen atoms in total. The molecule has 3 heterocycles. The Balaban J connectivity index is 1.72. The lowest BCUT2D eigenvalue weighted by molar-refractivity contribution is 0.0519. The van der Waals surface area contributed by atoms with Crippen LogP contribution in [0.2, 0.25) is 0 Å². The molecular weight excluding hydrogens is 430 g/mol. The molecule has 180 valence electrons. The van der Waals surface area contributed by atoms with E-state index in [1.165, 1.54) is 0 Å². The molecule has 3 aromatic rings. The van der Waals surface area contributed by atoms with Crippen molar-refractivity contribution in [1.29, 1.82) is 0 Å². The predicted octanol–water partition coefficient (Wildman–Crippen LogP) is 4.59. The SMILES string of the molecule is CCOC(=O)c1cc(C2CCN(C(=O)NC(C)(C)C)CC2)c2c(C)nn(-c3ccccc3)c2n1. The Kier molecular flexibility index (Phi) is 6.59. The highest BCUT2D eigenvalue weighted by Gasteiger charge is 2.29. The number of benzene rings is 1. The average Bonchev–Trinajstić information content (AvgIpc) is 3.15. The molecule has 2 aromatic heterocycles. The number of aryl methyl sites for hydroxylation is 1. The normalized spacial score (nSPS) is 14.9. The van der Waals surface area contributed by atoms with Crippen molar-refractivity contribution in [3.8, 4) is 5.69 Å². The zero-order valence-electron chi connectivity index (χ0n) is 20.6. The number of piperidine rings is 1. The van der Waals surface area contributed by atoms with Crippen LogP contribution in [0.25, 0.3) is 16.7 Å². The summed E-state index contributed by atoms with van der Waals surface area (Å²) >= 11 is 0. The van der Waals surface area contributed by atoms with Crippen LogP contribution in [0.15, 0.2) is 36.4 Å². The first-order chi connectivity index (χ1) is 16.2. The number of esters is 1. The van der Waals surface area contributed by atoms with Crippen LogP contribution in [0.1, 0.15) is 68.2 Å². The van der Waals surface area contributed by atoms with Crippen LogP contribution in [-0.4, -0.2) is 56.9 Å². The van der Waals surface area contributed by atoms with Crippen LogP contribution >= 0.6 is 0 Å². The highest BCUT2D eigenvalue weighted by atomic mass is 16.5. The van der Waals surface area contributed by atoms with Crippen molar-refractivity contribution < 1.29 is 14.3 Å². The van der Waals surface area contributed by atoms with Gasteiger partial charge in [-0.1, -0.05) is 18.2 Å². The smallest absolute Gasteiger partial charge is 0.357 e. The van der Waals surface area contributed by atoms with Gasteiger partial charge in [-0.05, 0) is 77.1 Å². The Bertz CT molecular complexity index is 1190. The van der Waals surface area contributed by atoms with E-state index < -0.39 is 5.97 Å². The van der Waals surface area contributed by atoms with Crippen LogP contribution in [0.5, 0.6) is 0 Å². The third kappa shape index (κ3) is 4.90. The number of fused-ring (bicyclic) bond motifs is 1. The second kappa shape index (κ2) is 9.44. The number of urea groups is 1. The second-order valence-corrected chi connectivity index (χ2v) is 9.79. The number of nitrogens with one attached hydrogen (secondary N) is 1. The fraction of sp³-hybridized carbons (Fsp3) is 0.462. The molecule has 34 heavy (non-hydrogen) atoms. The van der Waals surface area contributed by atoms with E-state index >= 15 is 0 Å². The van der Waals surface area contributed by atoms with E-state index in [9.17, 15) is 9.59 Å². The van der Waals surface area contributed by atoms with Gasteiger partial charge < -0.3 is 15.0 Å². The lowest BCUT2D eigenvalue weighted by Crippen LogP contribution is -2.50. The first-order valence-electron chi connectivity index (χ1n) is 11.9. The molecule has 0 saturated carbocycles. The van der Waals surface area contributed by atoms with Gasteiger partial charge in [0.05, 0.1) is 18.0 Å². The average molecular weight is 464 g/mol. The molecule has 1 aliphatic heterocycles.